The Balaban J connectivity index is 1.70. The number of nitrogens with zero attached hydrogens (tertiary/aromatic N) is 1. The van der Waals surface area contributed by atoms with Crippen molar-refractivity contribution in [1.29, 1.82) is 0 Å². The van der Waals surface area contributed by atoms with E-state index >= 15 is 0 Å². The number of anilines is 2. The zero-order valence-electron chi connectivity index (χ0n) is 11.8. The smallest absolute Gasteiger partial charge is 0.0607 e. The van der Waals surface area contributed by atoms with Crippen LogP contribution in [-0.2, 0) is 13.0 Å². The largest absolute Gasteiger partial charge is 0.397 e. The molecule has 3 nitrogen and oxygen atoms in total. The third-order valence-electron chi connectivity index (χ3n) is 4.05. The number of hydrogen-bond donors (Lipinski definition) is 2. The summed E-state index contributed by atoms with van der Waals surface area (Å²) < 4.78 is 0. The molecule has 0 aliphatic carbocycles. The lowest BCUT2D eigenvalue weighted by Gasteiger charge is -2.33. The van der Waals surface area contributed by atoms with Crippen LogP contribution in [0.15, 0.2) is 48.5 Å². The van der Waals surface area contributed by atoms with Crippen molar-refractivity contribution in [1.82, 2.24) is 4.90 Å². The summed E-state index contributed by atoms with van der Waals surface area (Å²) in [6.07, 6.45) is 1.05. The normalized spacial score (nSPS) is 17.6. The predicted molar refractivity (Wildman–Crippen MR) is 84.7 cm³/mol. The van der Waals surface area contributed by atoms with E-state index in [9.17, 15) is 0 Å². The lowest BCUT2D eigenvalue weighted by atomic mass is 9.97. The van der Waals surface area contributed by atoms with Gasteiger partial charge in [-0.3, -0.25) is 4.90 Å². The average Bonchev–Trinajstić information content (AvgIpc) is 2.48. The second-order valence-electron chi connectivity index (χ2n) is 5.52. The molecule has 20 heavy (non-hydrogen) atoms. The summed E-state index contributed by atoms with van der Waals surface area (Å²) in [5, 5.41) is 3.48. The van der Waals surface area contributed by atoms with Gasteiger partial charge in [0.15, 0.2) is 0 Å². The van der Waals surface area contributed by atoms with E-state index in [0.29, 0.717) is 6.04 Å². The minimum Gasteiger partial charge on any atom is -0.397 e. The number of likely N-dealkylation sites (N-methyl/N-ethyl adjacent to an activating group) is 1. The topological polar surface area (TPSA) is 41.3 Å². The van der Waals surface area contributed by atoms with Crippen molar-refractivity contribution in [2.45, 2.75) is 19.0 Å². The van der Waals surface area contributed by atoms with Crippen LogP contribution in [0, 0.1) is 0 Å². The lowest BCUT2D eigenvalue weighted by Crippen LogP contribution is -2.41. The molecule has 0 saturated carbocycles. The highest BCUT2D eigenvalue weighted by Crippen LogP contribution is 2.29. The minimum absolute atomic E-state index is 0.504. The predicted octanol–water partition coefficient (Wildman–Crippen LogP) is 2.74. The molecular weight excluding hydrogens is 246 g/mol. The first-order valence-electron chi connectivity index (χ1n) is 7.09. The summed E-state index contributed by atoms with van der Waals surface area (Å²) >= 11 is 0. The summed E-state index contributed by atoms with van der Waals surface area (Å²) in [5.74, 6) is 0. The highest BCUT2D eigenvalue weighted by molar-refractivity contribution is 5.71. The van der Waals surface area contributed by atoms with E-state index in [4.69, 9.17) is 5.73 Å². The minimum atomic E-state index is 0.504. The number of fused-ring (bicyclic) bond motifs is 1. The maximum atomic E-state index is 6.01. The van der Waals surface area contributed by atoms with Crippen molar-refractivity contribution in [3.8, 4) is 0 Å². The molecular formula is C17H21N3. The number of para-hydroxylation sites is 1. The molecule has 1 aliphatic rings. The van der Waals surface area contributed by atoms with Gasteiger partial charge in [0.25, 0.3) is 0 Å². The van der Waals surface area contributed by atoms with Crippen LogP contribution in [0.3, 0.4) is 0 Å². The fourth-order valence-electron chi connectivity index (χ4n) is 2.86. The maximum Gasteiger partial charge on any atom is 0.0607 e. The molecule has 3 rings (SSSR count). The first-order chi connectivity index (χ1) is 9.74. The average molecular weight is 267 g/mol. The third-order valence-corrected chi connectivity index (χ3v) is 4.05. The third kappa shape index (κ3) is 2.63. The molecule has 0 amide bonds. The van der Waals surface area contributed by atoms with Gasteiger partial charge in [0.2, 0.25) is 0 Å². The van der Waals surface area contributed by atoms with Crippen LogP contribution in [0.2, 0.25) is 0 Å². The molecule has 1 unspecified atom stereocenters. The van der Waals surface area contributed by atoms with Gasteiger partial charge in [-0.15, -0.1) is 0 Å². The van der Waals surface area contributed by atoms with Crippen LogP contribution in [0.5, 0.6) is 0 Å². The molecule has 0 saturated heterocycles. The molecule has 2 aromatic rings. The molecule has 0 radical (unpaired) electrons. The fraction of sp³-hybridized carbons (Fsp3) is 0.294. The Labute approximate surface area is 120 Å². The number of benzene rings is 2. The molecule has 0 bridgehead atoms. The standard InChI is InChI=1S/C17H21N3/c1-20(12-13-6-3-2-4-7-13)15-10-14-8-5-9-16(18)17(14)19-11-15/h2-9,15,19H,10-12,18H2,1H3. The van der Waals surface area contributed by atoms with Crippen LogP contribution < -0.4 is 11.1 Å². The van der Waals surface area contributed by atoms with Gasteiger partial charge in [-0.05, 0) is 30.7 Å². The van der Waals surface area contributed by atoms with Gasteiger partial charge in [-0.1, -0.05) is 42.5 Å². The Morgan fingerprint density at radius 2 is 1.95 bits per heavy atom. The number of nitrogen functional groups attached to an aromatic ring is 1. The Kier molecular flexibility index (Phi) is 3.61. The molecule has 3 N–H and O–H groups in total. The van der Waals surface area contributed by atoms with Crippen molar-refractivity contribution >= 4 is 11.4 Å². The van der Waals surface area contributed by atoms with Crippen LogP contribution in [0.25, 0.3) is 0 Å². The van der Waals surface area contributed by atoms with Gasteiger partial charge in [0.1, 0.15) is 0 Å². The van der Waals surface area contributed by atoms with Crippen molar-refractivity contribution < 1.29 is 0 Å². The number of hydrogen-bond acceptors (Lipinski definition) is 3. The highest BCUT2D eigenvalue weighted by atomic mass is 15.2. The molecule has 1 atom stereocenters. The Hall–Kier alpha value is -2.00. The monoisotopic (exact) mass is 267 g/mol. The van der Waals surface area contributed by atoms with E-state index < -0.39 is 0 Å². The van der Waals surface area contributed by atoms with Gasteiger partial charge in [-0.25, -0.2) is 0 Å². The zero-order chi connectivity index (χ0) is 13.9. The Morgan fingerprint density at radius 1 is 1.15 bits per heavy atom. The molecule has 0 fully saturated rings. The van der Waals surface area contributed by atoms with Gasteiger partial charge in [-0.2, -0.15) is 0 Å². The SMILES string of the molecule is CN(Cc1ccccc1)C1CNc2c(N)cccc2C1. The molecule has 104 valence electrons. The van der Waals surface area contributed by atoms with E-state index in [1.54, 1.807) is 0 Å². The first kappa shape index (κ1) is 13.0. The van der Waals surface area contributed by atoms with Gasteiger partial charge in [0.05, 0.1) is 11.4 Å². The number of nitrogens with two attached hydrogens (primary N) is 1. The molecule has 2 aromatic carbocycles. The van der Waals surface area contributed by atoms with Gasteiger partial charge in [0, 0.05) is 19.1 Å². The Bertz CT molecular complexity index is 580. The van der Waals surface area contributed by atoms with Crippen LogP contribution >= 0.6 is 0 Å². The highest BCUT2D eigenvalue weighted by Gasteiger charge is 2.22. The first-order valence-corrected chi connectivity index (χ1v) is 7.09. The second-order valence-corrected chi connectivity index (χ2v) is 5.52. The van der Waals surface area contributed by atoms with Gasteiger partial charge >= 0.3 is 0 Å². The van der Waals surface area contributed by atoms with E-state index in [1.807, 2.05) is 12.1 Å². The second kappa shape index (κ2) is 5.55. The molecule has 1 aliphatic heterocycles. The summed E-state index contributed by atoms with van der Waals surface area (Å²) in [6.45, 7) is 1.93. The van der Waals surface area contributed by atoms with Crippen molar-refractivity contribution in [2.75, 3.05) is 24.6 Å². The number of rotatable bonds is 3. The summed E-state index contributed by atoms with van der Waals surface area (Å²) in [6, 6.07) is 17.3. The van der Waals surface area contributed by atoms with Crippen LogP contribution in [0.1, 0.15) is 11.1 Å². The van der Waals surface area contributed by atoms with Crippen LogP contribution in [0.4, 0.5) is 11.4 Å². The summed E-state index contributed by atoms with van der Waals surface area (Å²) in [7, 11) is 2.19. The van der Waals surface area contributed by atoms with E-state index in [0.717, 1.165) is 30.9 Å². The van der Waals surface area contributed by atoms with Crippen molar-refractivity contribution in [2.24, 2.45) is 0 Å². The quantitative estimate of drug-likeness (QED) is 0.840. The Morgan fingerprint density at radius 3 is 2.75 bits per heavy atom. The fourth-order valence-corrected chi connectivity index (χ4v) is 2.86. The van der Waals surface area contributed by atoms with E-state index in [2.05, 4.69) is 53.7 Å². The summed E-state index contributed by atoms with van der Waals surface area (Å²) in [4.78, 5) is 2.41. The van der Waals surface area contributed by atoms with Crippen molar-refractivity contribution in [3.63, 3.8) is 0 Å². The maximum absolute atomic E-state index is 6.01. The van der Waals surface area contributed by atoms with E-state index in [-0.39, 0.29) is 0 Å². The molecule has 1 heterocycles. The lowest BCUT2D eigenvalue weighted by molar-refractivity contribution is 0.238. The van der Waals surface area contributed by atoms with E-state index in [1.165, 1.54) is 11.1 Å². The molecule has 0 aromatic heterocycles. The van der Waals surface area contributed by atoms with Crippen LogP contribution in [-0.4, -0.2) is 24.5 Å². The zero-order valence-corrected chi connectivity index (χ0v) is 11.8. The van der Waals surface area contributed by atoms with Crippen molar-refractivity contribution in [3.05, 3.63) is 59.7 Å². The van der Waals surface area contributed by atoms with Gasteiger partial charge < -0.3 is 11.1 Å². The molecule has 0 spiro atoms. The number of nitrogens with one attached hydrogen (secondary N) is 1. The molecule has 3 heteroatoms. The summed E-state index contributed by atoms with van der Waals surface area (Å²) in [5.41, 5.74) is 10.7.